The molecule has 1 unspecified atom stereocenters. The summed E-state index contributed by atoms with van der Waals surface area (Å²) in [6, 6.07) is 1.16. The van der Waals surface area contributed by atoms with E-state index in [9.17, 15) is 17.6 Å². The third-order valence-electron chi connectivity index (χ3n) is 4.43. The molecule has 1 fully saturated rings. The summed E-state index contributed by atoms with van der Waals surface area (Å²) in [6.45, 7) is 6.69. The summed E-state index contributed by atoms with van der Waals surface area (Å²) in [5.74, 6) is -0.731. The van der Waals surface area contributed by atoms with Crippen LogP contribution in [0.2, 0.25) is 5.02 Å². The summed E-state index contributed by atoms with van der Waals surface area (Å²) in [5.41, 5.74) is -0.858. The summed E-state index contributed by atoms with van der Waals surface area (Å²) in [4.78, 5) is 2.04. The predicted octanol–water partition coefficient (Wildman–Crippen LogP) is 5.33. The second kappa shape index (κ2) is 10.2. The highest BCUT2D eigenvalue weighted by Crippen LogP contribution is 2.39. The van der Waals surface area contributed by atoms with Crippen LogP contribution in [-0.4, -0.2) is 31.1 Å². The van der Waals surface area contributed by atoms with Gasteiger partial charge < -0.3 is 5.32 Å². The van der Waals surface area contributed by atoms with E-state index in [4.69, 9.17) is 11.6 Å². The van der Waals surface area contributed by atoms with E-state index in [1.54, 1.807) is 0 Å². The Morgan fingerprint density at radius 3 is 2.24 bits per heavy atom. The molecule has 0 radical (unpaired) electrons. The third-order valence-corrected chi connectivity index (χ3v) is 4.71. The molecule has 1 aromatic carbocycles. The number of benzene rings is 1. The third kappa shape index (κ3) is 5.86. The molecule has 1 heterocycles. The minimum Gasteiger partial charge on any atom is -0.314 e. The first-order valence-corrected chi connectivity index (χ1v) is 8.14. The van der Waals surface area contributed by atoms with Crippen LogP contribution in [0.4, 0.5) is 17.6 Å². The van der Waals surface area contributed by atoms with Crippen molar-refractivity contribution in [1.82, 2.24) is 10.2 Å². The second-order valence-electron chi connectivity index (χ2n) is 5.98. The molecule has 0 saturated carbocycles. The maximum Gasteiger partial charge on any atom is 0.416 e. The molecule has 146 valence electrons. The second-order valence-corrected chi connectivity index (χ2v) is 6.38. The first kappa shape index (κ1) is 24.7. The molecule has 1 saturated heterocycles. The number of rotatable bonds is 4. The van der Waals surface area contributed by atoms with Crippen molar-refractivity contribution in [2.24, 2.45) is 5.92 Å². The Morgan fingerprint density at radius 1 is 1.20 bits per heavy atom. The van der Waals surface area contributed by atoms with E-state index in [1.807, 2.05) is 18.7 Å². The van der Waals surface area contributed by atoms with Crippen LogP contribution in [0.1, 0.15) is 37.4 Å². The molecule has 1 aliphatic rings. The summed E-state index contributed by atoms with van der Waals surface area (Å²) < 4.78 is 53.7. The average molecular weight is 426 g/mol. The minimum absolute atomic E-state index is 0. The van der Waals surface area contributed by atoms with Crippen molar-refractivity contribution >= 4 is 36.4 Å². The van der Waals surface area contributed by atoms with E-state index in [2.05, 4.69) is 5.32 Å². The van der Waals surface area contributed by atoms with Crippen LogP contribution >= 0.6 is 36.4 Å². The van der Waals surface area contributed by atoms with Crippen molar-refractivity contribution < 1.29 is 17.6 Å². The van der Waals surface area contributed by atoms with Gasteiger partial charge in [0.05, 0.1) is 10.6 Å². The molecule has 0 aliphatic carbocycles. The summed E-state index contributed by atoms with van der Waals surface area (Å²) in [6.07, 6.45) is -3.81. The zero-order chi connectivity index (χ0) is 17.2. The van der Waals surface area contributed by atoms with Crippen LogP contribution < -0.4 is 5.32 Å². The minimum atomic E-state index is -4.55. The quantitative estimate of drug-likeness (QED) is 0.656. The lowest BCUT2D eigenvalue weighted by atomic mass is 9.89. The maximum atomic E-state index is 14.5. The molecule has 2 rings (SSSR count). The lowest BCUT2D eigenvalue weighted by molar-refractivity contribution is -0.137. The van der Waals surface area contributed by atoms with E-state index in [1.165, 1.54) is 0 Å². The van der Waals surface area contributed by atoms with E-state index in [0.29, 0.717) is 19.2 Å². The van der Waals surface area contributed by atoms with Crippen molar-refractivity contribution in [1.29, 1.82) is 0 Å². The Morgan fingerprint density at radius 2 is 1.76 bits per heavy atom. The number of hydrogen-bond acceptors (Lipinski definition) is 2. The Bertz CT molecular complexity index is 549. The Labute approximate surface area is 163 Å². The van der Waals surface area contributed by atoms with Crippen LogP contribution in [0, 0.1) is 11.7 Å². The number of alkyl halides is 3. The zero-order valence-electron chi connectivity index (χ0n) is 14.0. The van der Waals surface area contributed by atoms with Gasteiger partial charge in [0.1, 0.15) is 5.82 Å². The van der Waals surface area contributed by atoms with E-state index >= 15 is 0 Å². The van der Waals surface area contributed by atoms with Gasteiger partial charge in [-0.2, -0.15) is 13.2 Å². The van der Waals surface area contributed by atoms with Gasteiger partial charge in [-0.25, -0.2) is 4.39 Å². The molecule has 0 bridgehead atoms. The molecule has 25 heavy (non-hydrogen) atoms. The summed E-state index contributed by atoms with van der Waals surface area (Å²) in [5, 5.41) is 2.72. The number of nitrogens with one attached hydrogen (secondary N) is 1. The molecule has 2 atom stereocenters. The lowest BCUT2D eigenvalue weighted by Gasteiger charge is -2.38. The van der Waals surface area contributed by atoms with Gasteiger partial charge in [0, 0.05) is 37.8 Å². The maximum absolute atomic E-state index is 14.5. The van der Waals surface area contributed by atoms with Gasteiger partial charge in [-0.15, -0.1) is 24.8 Å². The van der Waals surface area contributed by atoms with Gasteiger partial charge in [0.2, 0.25) is 0 Å². The monoisotopic (exact) mass is 424 g/mol. The van der Waals surface area contributed by atoms with Crippen LogP contribution in [-0.2, 0) is 6.18 Å². The molecule has 0 amide bonds. The molecule has 1 aliphatic heterocycles. The number of nitrogens with zero attached hydrogens (tertiary/aromatic N) is 1. The largest absolute Gasteiger partial charge is 0.416 e. The highest BCUT2D eigenvalue weighted by atomic mass is 35.5. The molecular formula is C16H23Cl3F4N2. The van der Waals surface area contributed by atoms with Gasteiger partial charge in [-0.05, 0) is 18.1 Å². The number of piperazine rings is 1. The first-order chi connectivity index (χ1) is 10.8. The van der Waals surface area contributed by atoms with E-state index in [0.717, 1.165) is 25.6 Å². The SMILES string of the molecule is CCC(C)[C@H](c1cc(C(F)(F)F)cc(Cl)c1F)N1CCNCC1.Cl.Cl. The zero-order valence-corrected chi connectivity index (χ0v) is 16.4. The normalized spacial score (nSPS) is 18.0. The van der Waals surface area contributed by atoms with Crippen LogP contribution in [0.3, 0.4) is 0 Å². The van der Waals surface area contributed by atoms with E-state index < -0.39 is 28.6 Å². The molecular weight excluding hydrogens is 403 g/mol. The van der Waals surface area contributed by atoms with Gasteiger partial charge in [0.15, 0.2) is 0 Å². The van der Waals surface area contributed by atoms with Crippen molar-refractivity contribution in [3.63, 3.8) is 0 Å². The molecule has 9 heteroatoms. The van der Waals surface area contributed by atoms with Crippen molar-refractivity contribution in [3.05, 3.63) is 34.1 Å². The van der Waals surface area contributed by atoms with Crippen molar-refractivity contribution in [2.75, 3.05) is 26.2 Å². The Hall–Kier alpha value is -0.270. The summed E-state index contributed by atoms with van der Waals surface area (Å²) in [7, 11) is 0. The Balaban J connectivity index is 0.00000288. The van der Waals surface area contributed by atoms with Crippen LogP contribution in [0.25, 0.3) is 0 Å². The number of hydrogen-bond donors (Lipinski definition) is 1. The highest BCUT2D eigenvalue weighted by molar-refractivity contribution is 6.30. The molecule has 1 N–H and O–H groups in total. The molecule has 0 spiro atoms. The fourth-order valence-corrected chi connectivity index (χ4v) is 3.26. The standard InChI is InChI=1S/C16H21ClF4N2.2ClH/c1-3-10(2)15(23-6-4-22-5-7-23)12-8-11(16(19,20)21)9-13(17)14(12)18;;/h8-10,15,22H,3-7H2,1-2H3;2*1H/t10?,15-;;/m1../s1. The fraction of sp³-hybridized carbons (Fsp3) is 0.625. The number of halogens is 7. The summed E-state index contributed by atoms with van der Waals surface area (Å²) >= 11 is 5.75. The van der Waals surface area contributed by atoms with Gasteiger partial charge >= 0.3 is 6.18 Å². The topological polar surface area (TPSA) is 15.3 Å². The highest BCUT2D eigenvalue weighted by Gasteiger charge is 2.35. The molecule has 0 aromatic heterocycles. The van der Waals surface area contributed by atoms with Gasteiger partial charge in [0.25, 0.3) is 0 Å². The lowest BCUT2D eigenvalue weighted by Crippen LogP contribution is -2.46. The van der Waals surface area contributed by atoms with Crippen LogP contribution in [0.15, 0.2) is 12.1 Å². The average Bonchev–Trinajstić information content (AvgIpc) is 2.51. The fourth-order valence-electron chi connectivity index (χ4n) is 3.04. The smallest absolute Gasteiger partial charge is 0.314 e. The van der Waals surface area contributed by atoms with Gasteiger partial charge in [-0.3, -0.25) is 4.90 Å². The van der Waals surface area contributed by atoms with Gasteiger partial charge in [-0.1, -0.05) is 31.9 Å². The Kier molecular flexibility index (Phi) is 10.1. The molecule has 2 nitrogen and oxygen atoms in total. The van der Waals surface area contributed by atoms with Crippen molar-refractivity contribution in [2.45, 2.75) is 32.5 Å². The van der Waals surface area contributed by atoms with Crippen molar-refractivity contribution in [3.8, 4) is 0 Å². The predicted molar refractivity (Wildman–Crippen MR) is 97.5 cm³/mol. The van der Waals surface area contributed by atoms with Crippen LogP contribution in [0.5, 0.6) is 0 Å². The van der Waals surface area contributed by atoms with E-state index in [-0.39, 0.29) is 36.3 Å². The molecule has 1 aromatic rings. The first-order valence-electron chi connectivity index (χ1n) is 7.76.